The van der Waals surface area contributed by atoms with Crippen LogP contribution < -0.4 is 5.32 Å². The Kier molecular flexibility index (Phi) is 2.77. The Balaban J connectivity index is 2.18. The monoisotopic (exact) mass is 207 g/mol. The smallest absolute Gasteiger partial charge is 0.224 e. The van der Waals surface area contributed by atoms with Gasteiger partial charge in [0, 0.05) is 20.7 Å². The van der Waals surface area contributed by atoms with Gasteiger partial charge in [-0.3, -0.25) is 0 Å². The van der Waals surface area contributed by atoms with Crippen molar-refractivity contribution in [2.24, 2.45) is 7.05 Å². The molecule has 0 unspecified atom stereocenters. The fourth-order valence-electron chi connectivity index (χ4n) is 1.27. The van der Waals surface area contributed by atoms with E-state index in [0.717, 1.165) is 11.2 Å². The van der Waals surface area contributed by atoms with Gasteiger partial charge in [-0.1, -0.05) is 0 Å². The first kappa shape index (κ1) is 9.85. The highest BCUT2D eigenvalue weighted by Gasteiger charge is 2.03. The van der Waals surface area contributed by atoms with Crippen molar-refractivity contribution >= 4 is 17.1 Å². The largest absolute Gasteiger partial charge is 0.383 e. The highest BCUT2D eigenvalue weighted by Crippen LogP contribution is 2.09. The Morgan fingerprint density at radius 2 is 2.33 bits per heavy atom. The summed E-state index contributed by atoms with van der Waals surface area (Å²) in [5.41, 5.74) is 1.62. The predicted octanol–water partition coefficient (Wildman–Crippen LogP) is 0.422. The van der Waals surface area contributed by atoms with Gasteiger partial charge in [-0.25, -0.2) is 9.97 Å². The van der Waals surface area contributed by atoms with Crippen molar-refractivity contribution in [1.29, 1.82) is 0 Å². The first-order chi connectivity index (χ1) is 7.31. The van der Waals surface area contributed by atoms with Crippen LogP contribution in [0, 0.1) is 0 Å². The number of rotatable bonds is 4. The van der Waals surface area contributed by atoms with E-state index in [1.54, 1.807) is 19.6 Å². The maximum Gasteiger partial charge on any atom is 0.224 e. The zero-order valence-electron chi connectivity index (χ0n) is 8.77. The van der Waals surface area contributed by atoms with Crippen molar-refractivity contribution in [3.8, 4) is 0 Å². The van der Waals surface area contributed by atoms with Crippen LogP contribution in [-0.2, 0) is 11.8 Å². The van der Waals surface area contributed by atoms with Crippen LogP contribution in [0.25, 0.3) is 11.2 Å². The molecule has 0 aromatic carbocycles. The third-order valence-corrected chi connectivity index (χ3v) is 2.04. The quantitative estimate of drug-likeness (QED) is 0.736. The number of imidazole rings is 1. The topological polar surface area (TPSA) is 64.9 Å². The van der Waals surface area contributed by atoms with Gasteiger partial charge in [0.1, 0.15) is 5.52 Å². The molecule has 0 aliphatic rings. The summed E-state index contributed by atoms with van der Waals surface area (Å²) in [7, 11) is 3.56. The summed E-state index contributed by atoms with van der Waals surface area (Å²) in [5.74, 6) is 0.600. The summed E-state index contributed by atoms with van der Waals surface area (Å²) in [6.07, 6.45) is 3.43. The zero-order chi connectivity index (χ0) is 10.7. The second-order valence-electron chi connectivity index (χ2n) is 3.18. The van der Waals surface area contributed by atoms with Gasteiger partial charge in [-0.2, -0.15) is 4.98 Å². The summed E-state index contributed by atoms with van der Waals surface area (Å²) in [6, 6.07) is 0. The zero-order valence-corrected chi connectivity index (χ0v) is 8.77. The molecule has 2 aromatic rings. The molecule has 0 saturated heterocycles. The van der Waals surface area contributed by atoms with E-state index in [2.05, 4.69) is 20.3 Å². The molecule has 0 aliphatic heterocycles. The highest BCUT2D eigenvalue weighted by molar-refractivity contribution is 5.70. The lowest BCUT2D eigenvalue weighted by Crippen LogP contribution is -2.10. The molecule has 0 spiro atoms. The number of aryl methyl sites for hydroxylation is 1. The molecular formula is C9H13N5O. The van der Waals surface area contributed by atoms with E-state index < -0.39 is 0 Å². The van der Waals surface area contributed by atoms with Crippen LogP contribution in [0.5, 0.6) is 0 Å². The van der Waals surface area contributed by atoms with E-state index in [-0.39, 0.29) is 0 Å². The number of ether oxygens (including phenoxy) is 1. The number of hydrogen-bond acceptors (Lipinski definition) is 5. The van der Waals surface area contributed by atoms with Crippen LogP contribution in [0.2, 0.25) is 0 Å². The Morgan fingerprint density at radius 3 is 3.13 bits per heavy atom. The number of aromatic nitrogens is 4. The van der Waals surface area contributed by atoms with E-state index >= 15 is 0 Å². The first-order valence-electron chi connectivity index (χ1n) is 4.68. The summed E-state index contributed by atoms with van der Waals surface area (Å²) >= 11 is 0. The molecule has 0 radical (unpaired) electrons. The maximum absolute atomic E-state index is 4.92. The molecule has 15 heavy (non-hydrogen) atoms. The summed E-state index contributed by atoms with van der Waals surface area (Å²) < 4.78 is 6.78. The Labute approximate surface area is 87.3 Å². The molecule has 80 valence electrons. The van der Waals surface area contributed by atoms with E-state index in [9.17, 15) is 0 Å². The molecule has 0 amide bonds. The third-order valence-electron chi connectivity index (χ3n) is 2.04. The highest BCUT2D eigenvalue weighted by atomic mass is 16.5. The van der Waals surface area contributed by atoms with Crippen LogP contribution in [-0.4, -0.2) is 39.8 Å². The predicted molar refractivity (Wildman–Crippen MR) is 56.7 cm³/mol. The minimum absolute atomic E-state index is 0.600. The Bertz CT molecular complexity index is 453. The lowest BCUT2D eigenvalue weighted by atomic mass is 10.5. The maximum atomic E-state index is 4.92. The number of fused-ring (bicyclic) bond motifs is 1. The van der Waals surface area contributed by atoms with E-state index in [0.29, 0.717) is 19.1 Å². The summed E-state index contributed by atoms with van der Waals surface area (Å²) in [4.78, 5) is 12.6. The molecular weight excluding hydrogens is 194 g/mol. The standard InChI is InChI=1S/C9H13N5O/c1-14-6-12-7-5-11-9(13-8(7)14)10-3-4-15-2/h5-6H,3-4H2,1-2H3,(H,10,11,13). The molecule has 0 saturated carbocycles. The molecule has 0 atom stereocenters. The van der Waals surface area contributed by atoms with Crippen molar-refractivity contribution in [2.75, 3.05) is 25.6 Å². The normalized spacial score (nSPS) is 10.8. The van der Waals surface area contributed by atoms with E-state index in [1.165, 1.54) is 0 Å². The molecule has 2 aromatic heterocycles. The van der Waals surface area contributed by atoms with Gasteiger partial charge in [0.25, 0.3) is 0 Å². The van der Waals surface area contributed by atoms with Crippen molar-refractivity contribution in [2.45, 2.75) is 0 Å². The number of nitrogens with zero attached hydrogens (tertiary/aromatic N) is 4. The van der Waals surface area contributed by atoms with Gasteiger partial charge < -0.3 is 14.6 Å². The van der Waals surface area contributed by atoms with Crippen molar-refractivity contribution in [3.05, 3.63) is 12.5 Å². The number of anilines is 1. The molecule has 1 N–H and O–H groups in total. The summed E-state index contributed by atoms with van der Waals surface area (Å²) in [6.45, 7) is 1.33. The molecule has 2 heterocycles. The number of methoxy groups -OCH3 is 1. The average molecular weight is 207 g/mol. The Hall–Kier alpha value is -1.69. The SMILES string of the molecule is COCCNc1ncc2ncn(C)c2n1. The van der Waals surface area contributed by atoms with Gasteiger partial charge in [-0.05, 0) is 0 Å². The van der Waals surface area contributed by atoms with Crippen molar-refractivity contribution in [3.63, 3.8) is 0 Å². The van der Waals surface area contributed by atoms with Gasteiger partial charge >= 0.3 is 0 Å². The Morgan fingerprint density at radius 1 is 1.47 bits per heavy atom. The fraction of sp³-hybridized carbons (Fsp3) is 0.444. The van der Waals surface area contributed by atoms with Crippen molar-refractivity contribution in [1.82, 2.24) is 19.5 Å². The number of nitrogens with one attached hydrogen (secondary N) is 1. The minimum atomic E-state index is 0.600. The molecule has 2 rings (SSSR count). The van der Waals surface area contributed by atoms with Crippen LogP contribution in [0.1, 0.15) is 0 Å². The molecule has 0 bridgehead atoms. The van der Waals surface area contributed by atoms with Crippen molar-refractivity contribution < 1.29 is 4.74 Å². The van der Waals surface area contributed by atoms with E-state index in [1.807, 2.05) is 11.6 Å². The second kappa shape index (κ2) is 4.22. The average Bonchev–Trinajstić information content (AvgIpc) is 2.61. The summed E-state index contributed by atoms with van der Waals surface area (Å²) in [5, 5.41) is 3.07. The van der Waals surface area contributed by atoms with Crippen LogP contribution in [0.3, 0.4) is 0 Å². The lowest BCUT2D eigenvalue weighted by molar-refractivity contribution is 0.210. The van der Waals surface area contributed by atoms with Gasteiger partial charge in [0.05, 0.1) is 19.1 Å². The molecule has 6 heteroatoms. The third kappa shape index (κ3) is 2.04. The second-order valence-corrected chi connectivity index (χ2v) is 3.18. The van der Waals surface area contributed by atoms with Crippen LogP contribution >= 0.6 is 0 Å². The van der Waals surface area contributed by atoms with E-state index in [4.69, 9.17) is 4.74 Å². The minimum Gasteiger partial charge on any atom is -0.383 e. The molecule has 6 nitrogen and oxygen atoms in total. The van der Waals surface area contributed by atoms with Gasteiger partial charge in [-0.15, -0.1) is 0 Å². The molecule has 0 fully saturated rings. The number of hydrogen-bond donors (Lipinski definition) is 1. The van der Waals surface area contributed by atoms with Crippen LogP contribution in [0.4, 0.5) is 5.95 Å². The molecule has 0 aliphatic carbocycles. The van der Waals surface area contributed by atoms with Crippen LogP contribution in [0.15, 0.2) is 12.5 Å². The van der Waals surface area contributed by atoms with Gasteiger partial charge in [0.2, 0.25) is 5.95 Å². The fourth-order valence-corrected chi connectivity index (χ4v) is 1.27. The first-order valence-corrected chi connectivity index (χ1v) is 4.68. The van der Waals surface area contributed by atoms with Gasteiger partial charge in [0.15, 0.2) is 5.65 Å². The lowest BCUT2D eigenvalue weighted by Gasteiger charge is -2.03.